The van der Waals surface area contributed by atoms with Crippen molar-refractivity contribution in [3.05, 3.63) is 35.6 Å². The number of carbonyl (C=O) groups is 1. The van der Waals surface area contributed by atoms with Gasteiger partial charge in [-0.2, -0.15) is 0 Å². The van der Waals surface area contributed by atoms with Crippen LogP contribution in [0.15, 0.2) is 24.3 Å². The summed E-state index contributed by atoms with van der Waals surface area (Å²) in [6, 6.07) is 6.33. The van der Waals surface area contributed by atoms with E-state index in [4.69, 9.17) is 0 Å². The minimum atomic E-state index is -0.451. The van der Waals surface area contributed by atoms with Gasteiger partial charge in [0.25, 0.3) is 0 Å². The van der Waals surface area contributed by atoms with Crippen LogP contribution < -0.4 is 5.32 Å². The minimum Gasteiger partial charge on any atom is -0.307 e. The molecule has 0 aliphatic carbocycles. The van der Waals surface area contributed by atoms with Gasteiger partial charge in [0, 0.05) is 6.04 Å². The van der Waals surface area contributed by atoms with Crippen LogP contribution in [0.4, 0.5) is 4.39 Å². The summed E-state index contributed by atoms with van der Waals surface area (Å²) < 4.78 is 13.2. The summed E-state index contributed by atoms with van der Waals surface area (Å²) in [5.41, 5.74) is 0.160. The predicted octanol–water partition coefficient (Wildman–Crippen LogP) is 2.40. The molecular formula is C12H16FNO. The molecule has 3 heteroatoms. The summed E-state index contributed by atoms with van der Waals surface area (Å²) in [4.78, 5) is 11.6. The Morgan fingerprint density at radius 2 is 2.13 bits per heavy atom. The maximum Gasteiger partial charge on any atom is 0.179 e. The van der Waals surface area contributed by atoms with Crippen LogP contribution in [0.2, 0.25) is 0 Å². The third kappa shape index (κ3) is 3.44. The lowest BCUT2D eigenvalue weighted by Gasteiger charge is -2.10. The van der Waals surface area contributed by atoms with Gasteiger partial charge in [-0.15, -0.1) is 0 Å². The van der Waals surface area contributed by atoms with Gasteiger partial charge < -0.3 is 5.32 Å². The summed E-state index contributed by atoms with van der Waals surface area (Å²) in [7, 11) is 0. The van der Waals surface area contributed by atoms with Gasteiger partial charge in [0.2, 0.25) is 0 Å². The number of halogens is 1. The summed E-state index contributed by atoms with van der Waals surface area (Å²) in [6.45, 7) is 4.22. The first-order chi connectivity index (χ1) is 7.15. The van der Waals surface area contributed by atoms with Crippen molar-refractivity contribution in [1.29, 1.82) is 0 Å². The minimum absolute atomic E-state index is 0.160. The van der Waals surface area contributed by atoms with Gasteiger partial charge in [-0.1, -0.05) is 19.1 Å². The summed E-state index contributed by atoms with van der Waals surface area (Å²) >= 11 is 0. The monoisotopic (exact) mass is 209 g/mol. The van der Waals surface area contributed by atoms with Crippen LogP contribution in [0.25, 0.3) is 0 Å². The lowest BCUT2D eigenvalue weighted by molar-refractivity contribution is 0.0984. The van der Waals surface area contributed by atoms with Gasteiger partial charge in [-0.25, -0.2) is 4.39 Å². The Balaban J connectivity index is 2.58. The second-order valence-electron chi connectivity index (χ2n) is 3.59. The topological polar surface area (TPSA) is 29.1 Å². The van der Waals surface area contributed by atoms with Gasteiger partial charge in [0.1, 0.15) is 5.82 Å². The van der Waals surface area contributed by atoms with Crippen molar-refractivity contribution in [2.45, 2.75) is 26.3 Å². The largest absolute Gasteiger partial charge is 0.307 e. The molecule has 0 amide bonds. The molecule has 82 valence electrons. The molecule has 0 bridgehead atoms. The molecule has 0 saturated carbocycles. The van der Waals surface area contributed by atoms with Gasteiger partial charge in [-0.05, 0) is 25.5 Å². The van der Waals surface area contributed by atoms with Crippen LogP contribution in [0.5, 0.6) is 0 Å². The average Bonchev–Trinajstić information content (AvgIpc) is 2.26. The molecule has 0 heterocycles. The SMILES string of the molecule is CCC(C)NCC(=O)c1ccccc1F. The molecule has 0 saturated heterocycles. The van der Waals surface area contributed by atoms with Crippen molar-refractivity contribution >= 4 is 5.78 Å². The average molecular weight is 209 g/mol. The summed E-state index contributed by atoms with van der Waals surface area (Å²) in [6.07, 6.45) is 0.949. The first-order valence-corrected chi connectivity index (χ1v) is 5.16. The van der Waals surface area contributed by atoms with E-state index in [0.29, 0.717) is 0 Å². The quantitative estimate of drug-likeness (QED) is 0.754. The molecule has 2 nitrogen and oxygen atoms in total. The highest BCUT2D eigenvalue weighted by Gasteiger charge is 2.10. The summed E-state index contributed by atoms with van der Waals surface area (Å²) in [5.74, 6) is -0.651. The molecule has 1 aromatic carbocycles. The number of rotatable bonds is 5. The maximum atomic E-state index is 13.2. The van der Waals surface area contributed by atoms with Crippen molar-refractivity contribution in [2.24, 2.45) is 0 Å². The van der Waals surface area contributed by atoms with E-state index in [9.17, 15) is 9.18 Å². The van der Waals surface area contributed by atoms with Crippen LogP contribution in [0.1, 0.15) is 30.6 Å². The normalized spacial score (nSPS) is 12.5. The van der Waals surface area contributed by atoms with Gasteiger partial charge in [-0.3, -0.25) is 4.79 Å². The number of ketones is 1. The fourth-order valence-electron chi connectivity index (χ4n) is 1.19. The highest BCUT2D eigenvalue weighted by Crippen LogP contribution is 2.06. The number of hydrogen-bond donors (Lipinski definition) is 1. The van der Waals surface area contributed by atoms with Crippen molar-refractivity contribution in [3.63, 3.8) is 0 Å². The van der Waals surface area contributed by atoms with Crippen LogP contribution in [0, 0.1) is 5.82 Å². The lowest BCUT2D eigenvalue weighted by Crippen LogP contribution is -2.31. The van der Waals surface area contributed by atoms with E-state index in [1.807, 2.05) is 13.8 Å². The van der Waals surface area contributed by atoms with E-state index in [0.717, 1.165) is 6.42 Å². The van der Waals surface area contributed by atoms with Gasteiger partial charge in [0.15, 0.2) is 5.78 Å². The van der Waals surface area contributed by atoms with Gasteiger partial charge in [0.05, 0.1) is 12.1 Å². The zero-order valence-electron chi connectivity index (χ0n) is 9.09. The van der Waals surface area contributed by atoms with E-state index in [1.54, 1.807) is 12.1 Å². The Kier molecular flexibility index (Phi) is 4.43. The molecule has 0 fully saturated rings. The Morgan fingerprint density at radius 3 is 2.73 bits per heavy atom. The van der Waals surface area contributed by atoms with E-state index in [-0.39, 0.29) is 23.9 Å². The predicted molar refractivity (Wildman–Crippen MR) is 58.5 cm³/mol. The van der Waals surface area contributed by atoms with Crippen molar-refractivity contribution in [1.82, 2.24) is 5.32 Å². The van der Waals surface area contributed by atoms with Crippen molar-refractivity contribution in [2.75, 3.05) is 6.54 Å². The zero-order valence-corrected chi connectivity index (χ0v) is 9.09. The molecular weight excluding hydrogens is 193 g/mol. The Morgan fingerprint density at radius 1 is 1.47 bits per heavy atom. The van der Waals surface area contributed by atoms with Gasteiger partial charge >= 0.3 is 0 Å². The molecule has 0 aliphatic rings. The fraction of sp³-hybridized carbons (Fsp3) is 0.417. The fourth-order valence-corrected chi connectivity index (χ4v) is 1.19. The molecule has 0 radical (unpaired) electrons. The highest BCUT2D eigenvalue weighted by molar-refractivity contribution is 5.97. The molecule has 0 spiro atoms. The number of carbonyl (C=O) groups excluding carboxylic acids is 1. The maximum absolute atomic E-state index is 13.2. The van der Waals surface area contributed by atoms with E-state index < -0.39 is 5.82 Å². The van der Waals surface area contributed by atoms with E-state index in [1.165, 1.54) is 12.1 Å². The zero-order chi connectivity index (χ0) is 11.3. The molecule has 0 aromatic heterocycles. The van der Waals surface area contributed by atoms with Crippen LogP contribution in [-0.2, 0) is 0 Å². The molecule has 1 aromatic rings. The third-order valence-electron chi connectivity index (χ3n) is 2.40. The number of hydrogen-bond acceptors (Lipinski definition) is 2. The second-order valence-corrected chi connectivity index (χ2v) is 3.59. The van der Waals surface area contributed by atoms with E-state index >= 15 is 0 Å². The lowest BCUT2D eigenvalue weighted by atomic mass is 10.1. The third-order valence-corrected chi connectivity index (χ3v) is 2.40. The first-order valence-electron chi connectivity index (χ1n) is 5.16. The number of Topliss-reactive ketones (excluding diaryl/α,β-unsaturated/α-hetero) is 1. The highest BCUT2D eigenvalue weighted by atomic mass is 19.1. The standard InChI is InChI=1S/C12H16FNO/c1-3-9(2)14-8-12(15)10-6-4-5-7-11(10)13/h4-7,9,14H,3,8H2,1-2H3. The number of benzene rings is 1. The van der Waals surface area contributed by atoms with Crippen LogP contribution in [0.3, 0.4) is 0 Å². The Hall–Kier alpha value is -1.22. The molecule has 0 aliphatic heterocycles. The second kappa shape index (κ2) is 5.61. The number of nitrogens with one attached hydrogen (secondary N) is 1. The molecule has 1 rings (SSSR count). The Bertz CT molecular complexity index is 338. The van der Waals surface area contributed by atoms with E-state index in [2.05, 4.69) is 5.32 Å². The van der Waals surface area contributed by atoms with Crippen LogP contribution in [-0.4, -0.2) is 18.4 Å². The van der Waals surface area contributed by atoms with Crippen molar-refractivity contribution in [3.8, 4) is 0 Å². The summed E-state index contributed by atoms with van der Waals surface area (Å²) in [5, 5.41) is 3.04. The Labute approximate surface area is 89.5 Å². The smallest absolute Gasteiger partial charge is 0.179 e. The van der Waals surface area contributed by atoms with Crippen molar-refractivity contribution < 1.29 is 9.18 Å². The first kappa shape index (κ1) is 11.9. The van der Waals surface area contributed by atoms with Crippen LogP contribution >= 0.6 is 0 Å². The molecule has 1 unspecified atom stereocenters. The molecule has 1 N–H and O–H groups in total. The molecule has 15 heavy (non-hydrogen) atoms. The molecule has 1 atom stereocenters.